The van der Waals surface area contributed by atoms with Crippen LogP contribution in [-0.2, 0) is 24.2 Å². The van der Waals surface area contributed by atoms with Crippen LogP contribution in [-0.4, -0.2) is 20.6 Å². The zero-order valence-electron chi connectivity index (χ0n) is 15.3. The molecule has 2 heterocycles. The third-order valence-electron chi connectivity index (χ3n) is 4.81. The number of aromatic nitrogens is 2. The normalized spacial score (nSPS) is 15.8. The molecule has 1 atom stereocenters. The van der Waals surface area contributed by atoms with E-state index in [9.17, 15) is 20.2 Å². The second-order valence-electron chi connectivity index (χ2n) is 6.94. The number of nitriles is 1. The van der Waals surface area contributed by atoms with Crippen molar-refractivity contribution >= 4 is 28.1 Å². The fourth-order valence-electron chi connectivity index (χ4n) is 3.34. The Morgan fingerprint density at radius 3 is 3.04 bits per heavy atom. The minimum absolute atomic E-state index is 0.155. The minimum Gasteiger partial charge on any atom is -0.358 e. The molecule has 0 bridgehead atoms. The summed E-state index contributed by atoms with van der Waals surface area (Å²) in [6.07, 6.45) is 3.69. The van der Waals surface area contributed by atoms with Gasteiger partial charge in [0.1, 0.15) is 11.1 Å². The number of nitrogens with zero attached hydrogens (tertiary/aromatic N) is 4. The number of hydrogen-bond donors (Lipinski definition) is 1. The van der Waals surface area contributed by atoms with Gasteiger partial charge in [0.15, 0.2) is 0 Å². The van der Waals surface area contributed by atoms with E-state index in [0.717, 1.165) is 24.8 Å². The number of carbonyl (C=O) groups is 1. The first-order valence-corrected chi connectivity index (χ1v) is 9.74. The molecule has 2 aromatic rings. The summed E-state index contributed by atoms with van der Waals surface area (Å²) in [6, 6.07) is 3.66. The van der Waals surface area contributed by atoms with Crippen molar-refractivity contribution in [1.29, 1.82) is 5.26 Å². The largest absolute Gasteiger partial charge is 0.390 e. The van der Waals surface area contributed by atoms with Crippen LogP contribution in [0.1, 0.15) is 47.9 Å². The van der Waals surface area contributed by atoms with E-state index in [1.54, 1.807) is 6.92 Å². The van der Waals surface area contributed by atoms with Crippen molar-refractivity contribution in [2.24, 2.45) is 5.92 Å². The number of fused-ring (bicyclic) bond motifs is 1. The van der Waals surface area contributed by atoms with Crippen LogP contribution < -0.4 is 5.32 Å². The lowest BCUT2D eigenvalue weighted by Gasteiger charge is -2.17. The molecule has 1 aliphatic rings. The topological polar surface area (TPSA) is 114 Å². The third-order valence-corrected chi connectivity index (χ3v) is 5.98. The molecule has 0 saturated carbocycles. The zero-order valence-corrected chi connectivity index (χ0v) is 16.1. The molecule has 8 nitrogen and oxygen atoms in total. The van der Waals surface area contributed by atoms with Gasteiger partial charge < -0.3 is 15.4 Å². The molecule has 0 unspecified atom stereocenters. The van der Waals surface area contributed by atoms with Gasteiger partial charge >= 0.3 is 5.82 Å². The summed E-state index contributed by atoms with van der Waals surface area (Å²) in [5.74, 6) is 0.263. The summed E-state index contributed by atoms with van der Waals surface area (Å²) in [5, 5.41) is 27.7. The van der Waals surface area contributed by atoms with Crippen LogP contribution in [0, 0.1) is 34.3 Å². The maximum Gasteiger partial charge on any atom is 0.390 e. The lowest BCUT2D eigenvalue weighted by molar-refractivity contribution is -0.389. The van der Waals surface area contributed by atoms with Crippen LogP contribution in [0.25, 0.3) is 0 Å². The maximum atomic E-state index is 12.3. The van der Waals surface area contributed by atoms with E-state index in [1.165, 1.54) is 27.0 Å². The molecule has 1 aliphatic carbocycles. The summed E-state index contributed by atoms with van der Waals surface area (Å²) in [4.78, 5) is 23.7. The molecule has 0 aliphatic heterocycles. The van der Waals surface area contributed by atoms with Gasteiger partial charge in [-0.2, -0.15) is 9.94 Å². The van der Waals surface area contributed by atoms with Crippen LogP contribution in [0.2, 0.25) is 0 Å². The van der Waals surface area contributed by atoms with Gasteiger partial charge in [0.25, 0.3) is 0 Å². The highest BCUT2D eigenvalue weighted by molar-refractivity contribution is 7.16. The Kier molecular flexibility index (Phi) is 5.56. The molecule has 3 rings (SSSR count). The minimum atomic E-state index is -0.529. The molecule has 9 heteroatoms. The number of carbonyl (C=O) groups excluding carboxylic acids is 1. The van der Waals surface area contributed by atoms with E-state index in [0.29, 0.717) is 35.1 Å². The van der Waals surface area contributed by atoms with Gasteiger partial charge in [-0.1, -0.05) is 6.92 Å². The number of nitrogens with one attached hydrogen (secondary N) is 1. The zero-order chi connectivity index (χ0) is 19.6. The van der Waals surface area contributed by atoms with Crippen LogP contribution in [0.15, 0.2) is 6.07 Å². The van der Waals surface area contributed by atoms with E-state index in [1.807, 2.05) is 0 Å². The van der Waals surface area contributed by atoms with Crippen LogP contribution >= 0.6 is 11.3 Å². The molecule has 0 spiro atoms. The molecule has 2 aromatic heterocycles. The van der Waals surface area contributed by atoms with E-state index in [2.05, 4.69) is 23.4 Å². The Balaban J connectivity index is 1.59. The third kappa shape index (κ3) is 4.17. The van der Waals surface area contributed by atoms with Crippen molar-refractivity contribution in [2.75, 3.05) is 5.32 Å². The summed E-state index contributed by atoms with van der Waals surface area (Å²) >= 11 is 1.51. The van der Waals surface area contributed by atoms with Crippen molar-refractivity contribution in [1.82, 2.24) is 9.78 Å². The second kappa shape index (κ2) is 7.88. The summed E-state index contributed by atoms with van der Waals surface area (Å²) < 4.78 is 1.54. The monoisotopic (exact) mass is 387 g/mol. The molecule has 0 aromatic carbocycles. The van der Waals surface area contributed by atoms with Gasteiger partial charge in [0.05, 0.1) is 29.0 Å². The Labute approximate surface area is 161 Å². The SMILES string of the molecule is Cc1cc([N+](=O)[O-])nn1CCCC(=O)Nc1sc2c(c1C#N)CC[C@@H](C)C2. The number of aryl methyl sites for hydroxylation is 2. The van der Waals surface area contributed by atoms with E-state index < -0.39 is 4.92 Å². The summed E-state index contributed by atoms with van der Waals surface area (Å²) in [6.45, 7) is 4.38. The lowest BCUT2D eigenvalue weighted by Crippen LogP contribution is -2.13. The number of rotatable bonds is 6. The number of thiophene rings is 1. The second-order valence-corrected chi connectivity index (χ2v) is 8.05. The van der Waals surface area contributed by atoms with Gasteiger partial charge in [-0.25, -0.2) is 0 Å². The Hall–Kier alpha value is -2.73. The van der Waals surface area contributed by atoms with Crippen molar-refractivity contribution in [3.8, 4) is 6.07 Å². The molecule has 0 saturated heterocycles. The average Bonchev–Trinajstić information content (AvgIpc) is 3.14. The molecule has 27 heavy (non-hydrogen) atoms. The average molecular weight is 387 g/mol. The van der Waals surface area contributed by atoms with Crippen molar-refractivity contribution in [3.05, 3.63) is 37.9 Å². The molecule has 1 N–H and O–H groups in total. The number of amides is 1. The van der Waals surface area contributed by atoms with Crippen LogP contribution in [0.4, 0.5) is 10.8 Å². The van der Waals surface area contributed by atoms with Crippen LogP contribution in [0.3, 0.4) is 0 Å². The van der Waals surface area contributed by atoms with Crippen molar-refractivity contribution in [3.63, 3.8) is 0 Å². The van der Waals surface area contributed by atoms with E-state index >= 15 is 0 Å². The van der Waals surface area contributed by atoms with Gasteiger partial charge in [-0.15, -0.1) is 11.3 Å². The molecule has 0 radical (unpaired) electrons. The van der Waals surface area contributed by atoms with Crippen LogP contribution in [0.5, 0.6) is 0 Å². The lowest BCUT2D eigenvalue weighted by atomic mass is 9.88. The van der Waals surface area contributed by atoms with E-state index in [4.69, 9.17) is 0 Å². The molecular weight excluding hydrogens is 366 g/mol. The highest BCUT2D eigenvalue weighted by Gasteiger charge is 2.24. The highest BCUT2D eigenvalue weighted by Crippen LogP contribution is 2.39. The highest BCUT2D eigenvalue weighted by atomic mass is 32.1. The fourth-order valence-corrected chi connectivity index (χ4v) is 4.72. The standard InChI is InChI=1S/C18H21N5O3S/c1-11-5-6-13-14(10-19)18(27-15(13)8-11)20-17(24)4-3-7-22-12(2)9-16(21-22)23(25)26/h9,11H,3-8H2,1-2H3,(H,20,24)/t11-/m1/s1. The first kappa shape index (κ1) is 19.0. The van der Waals surface area contributed by atoms with Gasteiger partial charge in [0, 0.05) is 11.3 Å². The van der Waals surface area contributed by atoms with Gasteiger partial charge in [0.2, 0.25) is 5.91 Å². The first-order chi connectivity index (χ1) is 12.9. The first-order valence-electron chi connectivity index (χ1n) is 8.92. The summed E-state index contributed by atoms with van der Waals surface area (Å²) in [7, 11) is 0. The van der Waals surface area contributed by atoms with Gasteiger partial charge in [-0.05, 0) is 49.0 Å². The predicted molar refractivity (Wildman–Crippen MR) is 102 cm³/mol. The molecule has 142 valence electrons. The Bertz CT molecular complexity index is 924. The molecule has 1 amide bonds. The van der Waals surface area contributed by atoms with Crippen molar-refractivity contribution in [2.45, 2.75) is 52.5 Å². The smallest absolute Gasteiger partial charge is 0.358 e. The predicted octanol–water partition coefficient (Wildman–Crippen LogP) is 3.58. The number of nitro groups is 1. The van der Waals surface area contributed by atoms with Crippen molar-refractivity contribution < 1.29 is 9.72 Å². The summed E-state index contributed by atoms with van der Waals surface area (Å²) in [5.41, 5.74) is 2.39. The molecular formula is C18H21N5O3S. The number of hydrogen-bond acceptors (Lipinski definition) is 6. The van der Waals surface area contributed by atoms with Gasteiger partial charge in [-0.3, -0.25) is 4.79 Å². The Morgan fingerprint density at radius 1 is 1.59 bits per heavy atom. The number of anilines is 1. The Morgan fingerprint density at radius 2 is 2.37 bits per heavy atom. The quantitative estimate of drug-likeness (QED) is 0.601. The fraction of sp³-hybridized carbons (Fsp3) is 0.500. The maximum absolute atomic E-state index is 12.3. The van der Waals surface area contributed by atoms with E-state index in [-0.39, 0.29) is 18.1 Å². The molecule has 0 fully saturated rings.